The molecule has 0 bridgehead atoms. The number of aromatic nitrogens is 2. The quantitative estimate of drug-likeness (QED) is 0.553. The Bertz CT molecular complexity index is 638. The average molecular weight is 398 g/mol. The van der Waals surface area contributed by atoms with E-state index in [9.17, 15) is 8.78 Å². The molecule has 0 saturated heterocycles. The first-order chi connectivity index (χ1) is 9.31. The molecule has 0 amide bonds. The third kappa shape index (κ3) is 3.29. The lowest BCUT2D eigenvalue weighted by Gasteiger charge is -2.12. The maximum Gasteiger partial charge on any atom is 0.291 e. The van der Waals surface area contributed by atoms with Gasteiger partial charge in [-0.05, 0) is 23.9 Å². The molecule has 0 aliphatic rings. The van der Waals surface area contributed by atoms with Gasteiger partial charge in [-0.25, -0.2) is 4.98 Å². The van der Waals surface area contributed by atoms with Crippen molar-refractivity contribution in [1.82, 2.24) is 9.55 Å². The smallest absolute Gasteiger partial charge is 0.274 e. The minimum Gasteiger partial charge on any atom is -0.274 e. The summed E-state index contributed by atoms with van der Waals surface area (Å²) in [5.41, 5.74) is 0.185. The van der Waals surface area contributed by atoms with Gasteiger partial charge in [0.1, 0.15) is 0 Å². The molecular weight excluding hydrogens is 395 g/mol. The summed E-state index contributed by atoms with van der Waals surface area (Å²) in [7, 11) is 0. The lowest BCUT2D eigenvalue weighted by Crippen LogP contribution is -2.00. The first-order valence-electron chi connectivity index (χ1n) is 4.84. The van der Waals surface area contributed by atoms with Gasteiger partial charge in [0, 0.05) is 5.02 Å². The zero-order chi connectivity index (χ0) is 15.0. The minimum absolute atomic E-state index is 0.0686. The number of imidazole rings is 1. The van der Waals surface area contributed by atoms with Gasteiger partial charge in [-0.1, -0.05) is 58.0 Å². The highest BCUT2D eigenvalue weighted by molar-refractivity contribution is 7.99. The summed E-state index contributed by atoms with van der Waals surface area (Å²) in [6.07, 6.45) is 0. The van der Waals surface area contributed by atoms with Gasteiger partial charge >= 0.3 is 0 Å². The first-order valence-corrected chi connectivity index (χ1v) is 7.61. The zero-order valence-corrected chi connectivity index (χ0v) is 13.8. The van der Waals surface area contributed by atoms with Crippen LogP contribution < -0.4 is 0 Å². The summed E-state index contributed by atoms with van der Waals surface area (Å²) in [4.78, 5) is 3.76. The van der Waals surface area contributed by atoms with Crippen LogP contribution >= 0.6 is 69.8 Å². The van der Waals surface area contributed by atoms with Crippen molar-refractivity contribution in [2.24, 2.45) is 0 Å². The van der Waals surface area contributed by atoms with Crippen molar-refractivity contribution < 1.29 is 8.78 Å². The Morgan fingerprint density at radius 1 is 1.05 bits per heavy atom. The summed E-state index contributed by atoms with van der Waals surface area (Å²) >= 11 is 29.8. The summed E-state index contributed by atoms with van der Waals surface area (Å²) in [5, 5.41) is 0.247. The van der Waals surface area contributed by atoms with Crippen LogP contribution in [0.15, 0.2) is 17.3 Å². The largest absolute Gasteiger partial charge is 0.291 e. The summed E-state index contributed by atoms with van der Waals surface area (Å²) < 4.78 is 26.3. The van der Waals surface area contributed by atoms with E-state index in [1.807, 2.05) is 0 Å². The molecular formula is C10H3Cl5F2N2S. The predicted molar refractivity (Wildman–Crippen MR) is 80.5 cm³/mol. The topological polar surface area (TPSA) is 17.8 Å². The number of hydrogen-bond donors (Lipinski definition) is 0. The maximum absolute atomic E-state index is 12.6. The maximum atomic E-state index is 12.6. The SMILES string of the molecule is FC(F)Sc1nc(Cl)c(Cl)n1-c1c(Cl)cc(Cl)cc1Cl. The van der Waals surface area contributed by atoms with Gasteiger partial charge in [-0.15, -0.1) is 0 Å². The molecule has 1 heterocycles. The molecule has 0 unspecified atom stereocenters. The number of halogens is 7. The highest BCUT2D eigenvalue weighted by Crippen LogP contribution is 2.40. The van der Waals surface area contributed by atoms with E-state index < -0.39 is 5.76 Å². The van der Waals surface area contributed by atoms with Crippen molar-refractivity contribution in [3.63, 3.8) is 0 Å². The zero-order valence-electron chi connectivity index (χ0n) is 9.18. The molecule has 0 spiro atoms. The van der Waals surface area contributed by atoms with Crippen LogP contribution in [-0.4, -0.2) is 15.3 Å². The van der Waals surface area contributed by atoms with E-state index in [4.69, 9.17) is 58.0 Å². The molecule has 1 aromatic carbocycles. The molecule has 0 fully saturated rings. The molecule has 10 heteroatoms. The molecule has 20 heavy (non-hydrogen) atoms. The second-order valence-corrected chi connectivity index (χ2v) is 6.33. The summed E-state index contributed by atoms with van der Waals surface area (Å²) in [5.74, 6) is -2.70. The minimum atomic E-state index is -2.70. The Morgan fingerprint density at radius 3 is 2.10 bits per heavy atom. The van der Waals surface area contributed by atoms with Crippen LogP contribution in [0.2, 0.25) is 25.4 Å². The van der Waals surface area contributed by atoms with Gasteiger partial charge in [-0.3, -0.25) is 4.57 Å². The molecule has 0 atom stereocenters. The molecule has 0 saturated carbocycles. The fraction of sp³-hybridized carbons (Fsp3) is 0.100. The molecule has 0 N–H and O–H groups in total. The molecule has 1 aromatic heterocycles. The highest BCUT2D eigenvalue weighted by Gasteiger charge is 2.23. The van der Waals surface area contributed by atoms with Crippen molar-refractivity contribution in [3.8, 4) is 5.69 Å². The molecule has 2 nitrogen and oxygen atoms in total. The molecule has 0 aliphatic heterocycles. The van der Waals surface area contributed by atoms with E-state index in [1.165, 1.54) is 12.1 Å². The van der Waals surface area contributed by atoms with Gasteiger partial charge in [-0.2, -0.15) is 8.78 Å². The number of benzene rings is 1. The van der Waals surface area contributed by atoms with Crippen LogP contribution in [0.3, 0.4) is 0 Å². The Morgan fingerprint density at radius 2 is 1.60 bits per heavy atom. The molecule has 0 aliphatic carbocycles. The van der Waals surface area contributed by atoms with Gasteiger partial charge < -0.3 is 0 Å². The van der Waals surface area contributed by atoms with Crippen molar-refractivity contribution in [3.05, 3.63) is 37.5 Å². The van der Waals surface area contributed by atoms with Gasteiger partial charge in [0.25, 0.3) is 5.76 Å². The molecule has 108 valence electrons. The van der Waals surface area contributed by atoms with E-state index in [-0.39, 0.29) is 43.0 Å². The Kier molecular flexibility index (Phi) is 5.32. The predicted octanol–water partition coefficient (Wildman–Crippen LogP) is 6.45. The normalized spacial score (nSPS) is 11.4. The Hall–Kier alpha value is 0.0900. The standard InChI is InChI=1S/C10H3Cl5F2N2S/c11-3-1-4(12)6(5(13)2-3)19-8(15)7(14)18-10(19)20-9(16)17/h1-2,9H. The van der Waals surface area contributed by atoms with E-state index in [0.717, 1.165) is 4.57 Å². The monoisotopic (exact) mass is 396 g/mol. The van der Waals surface area contributed by atoms with Crippen LogP contribution in [0.25, 0.3) is 5.69 Å². The van der Waals surface area contributed by atoms with E-state index in [0.29, 0.717) is 5.02 Å². The van der Waals surface area contributed by atoms with Crippen LogP contribution in [0.5, 0.6) is 0 Å². The summed E-state index contributed by atoms with van der Waals surface area (Å²) in [6, 6.07) is 2.82. The number of alkyl halides is 2. The van der Waals surface area contributed by atoms with E-state index >= 15 is 0 Å². The van der Waals surface area contributed by atoms with Crippen molar-refractivity contribution >= 4 is 69.8 Å². The van der Waals surface area contributed by atoms with Crippen molar-refractivity contribution in [2.45, 2.75) is 10.9 Å². The lowest BCUT2D eigenvalue weighted by atomic mass is 10.3. The number of rotatable bonds is 3. The number of nitrogens with zero attached hydrogens (tertiary/aromatic N) is 2. The second kappa shape index (κ2) is 6.46. The fourth-order valence-corrected chi connectivity index (χ4v) is 3.51. The number of hydrogen-bond acceptors (Lipinski definition) is 2. The molecule has 2 aromatic rings. The third-order valence-corrected chi connectivity index (χ3v) is 4.32. The van der Waals surface area contributed by atoms with Gasteiger partial charge in [0.15, 0.2) is 15.5 Å². The van der Waals surface area contributed by atoms with Crippen molar-refractivity contribution in [2.75, 3.05) is 0 Å². The van der Waals surface area contributed by atoms with Crippen LogP contribution in [0.1, 0.15) is 0 Å². The third-order valence-electron chi connectivity index (χ3n) is 2.15. The molecule has 2 rings (SSSR count). The van der Waals surface area contributed by atoms with E-state index in [1.54, 1.807) is 0 Å². The van der Waals surface area contributed by atoms with E-state index in [2.05, 4.69) is 4.98 Å². The lowest BCUT2D eigenvalue weighted by molar-refractivity contribution is 0.251. The van der Waals surface area contributed by atoms with Crippen LogP contribution in [0.4, 0.5) is 8.78 Å². The Labute approximate surface area is 141 Å². The van der Waals surface area contributed by atoms with Gasteiger partial charge in [0.2, 0.25) is 0 Å². The number of thioether (sulfide) groups is 1. The summed E-state index contributed by atoms with van der Waals surface area (Å²) in [6.45, 7) is 0. The average Bonchev–Trinajstić information content (AvgIpc) is 2.54. The molecule has 0 radical (unpaired) electrons. The van der Waals surface area contributed by atoms with Crippen LogP contribution in [-0.2, 0) is 0 Å². The van der Waals surface area contributed by atoms with Crippen LogP contribution in [0, 0.1) is 0 Å². The highest BCUT2D eigenvalue weighted by atomic mass is 35.5. The first kappa shape index (κ1) is 16.5. The Balaban J connectivity index is 2.69. The van der Waals surface area contributed by atoms with Crippen molar-refractivity contribution in [1.29, 1.82) is 0 Å². The van der Waals surface area contributed by atoms with Gasteiger partial charge in [0.05, 0.1) is 15.7 Å². The fourth-order valence-electron chi connectivity index (χ4n) is 1.46. The second-order valence-electron chi connectivity index (χ2n) is 3.41.